The van der Waals surface area contributed by atoms with Crippen LogP contribution in [0, 0.1) is 17.5 Å². The molecule has 1 unspecified atom stereocenters. The molecule has 0 aliphatic carbocycles. The second kappa shape index (κ2) is 7.41. The van der Waals surface area contributed by atoms with Crippen molar-refractivity contribution in [1.29, 1.82) is 0 Å². The van der Waals surface area contributed by atoms with Crippen molar-refractivity contribution in [1.82, 2.24) is 25.1 Å². The van der Waals surface area contributed by atoms with Crippen molar-refractivity contribution < 1.29 is 18.0 Å². The number of aromatic nitrogens is 4. The normalized spacial score (nSPS) is 17.0. The van der Waals surface area contributed by atoms with Gasteiger partial charge in [0.1, 0.15) is 5.82 Å². The molecule has 1 fully saturated rings. The van der Waals surface area contributed by atoms with E-state index in [4.69, 9.17) is 0 Å². The minimum Gasteiger partial charge on any atom is -0.336 e. The molecular formula is C19H16F3N5O. The molecule has 2 heterocycles. The molecular weight excluding hydrogens is 371 g/mol. The Balaban J connectivity index is 1.50. The average Bonchev–Trinajstić information content (AvgIpc) is 3.20. The predicted octanol–water partition coefficient (Wildman–Crippen LogP) is 3.23. The van der Waals surface area contributed by atoms with Gasteiger partial charge < -0.3 is 4.90 Å². The Bertz CT molecular complexity index is 1010. The van der Waals surface area contributed by atoms with E-state index >= 15 is 0 Å². The molecule has 0 saturated carbocycles. The van der Waals surface area contributed by atoms with Crippen LogP contribution in [-0.2, 0) is 0 Å². The summed E-state index contributed by atoms with van der Waals surface area (Å²) in [5.41, 5.74) is 0.733. The number of hydrogen-bond acceptors (Lipinski definition) is 4. The molecule has 3 aromatic rings. The lowest BCUT2D eigenvalue weighted by atomic mass is 10.0. The van der Waals surface area contributed by atoms with Crippen LogP contribution in [0.2, 0.25) is 0 Å². The maximum Gasteiger partial charge on any atom is 0.254 e. The van der Waals surface area contributed by atoms with Crippen molar-refractivity contribution in [3.05, 3.63) is 65.5 Å². The first kappa shape index (κ1) is 18.1. The van der Waals surface area contributed by atoms with Crippen LogP contribution in [0.4, 0.5) is 13.2 Å². The molecule has 1 amide bonds. The number of carbonyl (C=O) groups is 1. The van der Waals surface area contributed by atoms with Gasteiger partial charge in [-0.15, -0.1) is 10.2 Å². The Kier molecular flexibility index (Phi) is 4.81. The molecule has 6 nitrogen and oxygen atoms in total. The predicted molar refractivity (Wildman–Crippen MR) is 93.7 cm³/mol. The van der Waals surface area contributed by atoms with Crippen molar-refractivity contribution in [2.24, 2.45) is 0 Å². The second-order valence-electron chi connectivity index (χ2n) is 6.62. The molecule has 1 aromatic heterocycles. The van der Waals surface area contributed by atoms with E-state index < -0.39 is 11.6 Å². The van der Waals surface area contributed by atoms with Gasteiger partial charge in [0.05, 0.1) is 6.04 Å². The zero-order valence-corrected chi connectivity index (χ0v) is 14.7. The standard InChI is InChI=1S/C19H16F3N5O/c20-14-6-3-12(4-7-14)18-23-25-27(24-18)15-2-1-9-26(11-15)19(28)13-5-8-16(21)17(22)10-13/h3-8,10,15H,1-2,9,11H2. The van der Waals surface area contributed by atoms with Gasteiger partial charge in [0, 0.05) is 24.2 Å². The van der Waals surface area contributed by atoms with E-state index in [1.807, 2.05) is 0 Å². The number of likely N-dealkylation sites (tertiary alicyclic amines) is 1. The Morgan fingerprint density at radius 1 is 1.04 bits per heavy atom. The molecule has 28 heavy (non-hydrogen) atoms. The fourth-order valence-electron chi connectivity index (χ4n) is 3.23. The number of carbonyl (C=O) groups excluding carboxylic acids is 1. The van der Waals surface area contributed by atoms with E-state index in [9.17, 15) is 18.0 Å². The van der Waals surface area contributed by atoms with Crippen molar-refractivity contribution in [3.8, 4) is 11.4 Å². The van der Waals surface area contributed by atoms with Crippen LogP contribution in [0.25, 0.3) is 11.4 Å². The summed E-state index contributed by atoms with van der Waals surface area (Å²) in [5.74, 6) is -2.41. The summed E-state index contributed by atoms with van der Waals surface area (Å²) < 4.78 is 39.6. The number of amides is 1. The fraction of sp³-hybridized carbons (Fsp3) is 0.263. The quantitative estimate of drug-likeness (QED) is 0.692. The van der Waals surface area contributed by atoms with Gasteiger partial charge in [-0.1, -0.05) is 0 Å². The molecule has 0 bridgehead atoms. The molecule has 4 rings (SSSR count). The zero-order chi connectivity index (χ0) is 19.7. The minimum absolute atomic E-state index is 0.0955. The van der Waals surface area contributed by atoms with Gasteiger partial charge in [-0.2, -0.15) is 4.80 Å². The zero-order valence-electron chi connectivity index (χ0n) is 14.7. The van der Waals surface area contributed by atoms with Gasteiger partial charge in [-0.05, 0) is 60.5 Å². The molecule has 9 heteroatoms. The Morgan fingerprint density at radius 2 is 1.82 bits per heavy atom. The Labute approximate surface area is 158 Å². The first-order chi connectivity index (χ1) is 13.5. The van der Waals surface area contributed by atoms with Crippen LogP contribution in [-0.4, -0.2) is 44.1 Å². The molecule has 1 aliphatic heterocycles. The summed E-state index contributed by atoms with van der Waals surface area (Å²) in [5, 5.41) is 12.4. The third-order valence-corrected chi connectivity index (χ3v) is 4.71. The smallest absolute Gasteiger partial charge is 0.254 e. The number of piperidine rings is 1. The van der Waals surface area contributed by atoms with Crippen LogP contribution in [0.1, 0.15) is 29.2 Å². The summed E-state index contributed by atoms with van der Waals surface area (Å²) >= 11 is 0. The summed E-state index contributed by atoms with van der Waals surface area (Å²) in [6.45, 7) is 0.838. The highest BCUT2D eigenvalue weighted by atomic mass is 19.2. The van der Waals surface area contributed by atoms with Crippen molar-refractivity contribution in [2.45, 2.75) is 18.9 Å². The van der Waals surface area contributed by atoms with Crippen LogP contribution in [0.15, 0.2) is 42.5 Å². The van der Waals surface area contributed by atoms with Gasteiger partial charge in [-0.3, -0.25) is 4.79 Å². The minimum atomic E-state index is -1.05. The largest absolute Gasteiger partial charge is 0.336 e. The summed E-state index contributed by atoms with van der Waals surface area (Å²) in [6.07, 6.45) is 1.47. The molecule has 2 aromatic carbocycles. The number of benzene rings is 2. The Morgan fingerprint density at radius 3 is 2.57 bits per heavy atom. The van der Waals surface area contributed by atoms with Gasteiger partial charge in [-0.25, -0.2) is 13.2 Å². The highest BCUT2D eigenvalue weighted by Crippen LogP contribution is 2.23. The number of nitrogens with zero attached hydrogens (tertiary/aromatic N) is 5. The highest BCUT2D eigenvalue weighted by Gasteiger charge is 2.27. The summed E-state index contributed by atoms with van der Waals surface area (Å²) in [6, 6.07) is 8.69. The number of tetrazole rings is 1. The van der Waals surface area contributed by atoms with Gasteiger partial charge in [0.25, 0.3) is 5.91 Å². The third-order valence-electron chi connectivity index (χ3n) is 4.71. The van der Waals surface area contributed by atoms with E-state index in [1.54, 1.807) is 17.0 Å². The van der Waals surface area contributed by atoms with Gasteiger partial charge in [0.2, 0.25) is 5.82 Å². The topological polar surface area (TPSA) is 63.9 Å². The average molecular weight is 387 g/mol. The van der Waals surface area contributed by atoms with E-state index in [2.05, 4.69) is 15.4 Å². The lowest BCUT2D eigenvalue weighted by Gasteiger charge is -2.32. The maximum absolute atomic E-state index is 13.4. The first-order valence-corrected chi connectivity index (χ1v) is 8.81. The fourth-order valence-corrected chi connectivity index (χ4v) is 3.23. The molecule has 144 valence electrons. The van der Waals surface area contributed by atoms with E-state index in [0.717, 1.165) is 18.6 Å². The lowest BCUT2D eigenvalue weighted by Crippen LogP contribution is -2.41. The van der Waals surface area contributed by atoms with Crippen molar-refractivity contribution in [3.63, 3.8) is 0 Å². The van der Waals surface area contributed by atoms with Crippen LogP contribution in [0.3, 0.4) is 0 Å². The second-order valence-corrected chi connectivity index (χ2v) is 6.62. The van der Waals surface area contributed by atoms with Gasteiger partial charge in [0.15, 0.2) is 11.6 Å². The maximum atomic E-state index is 13.4. The molecule has 0 radical (unpaired) electrons. The van der Waals surface area contributed by atoms with Gasteiger partial charge >= 0.3 is 0 Å². The molecule has 0 spiro atoms. The van der Waals surface area contributed by atoms with E-state index in [0.29, 0.717) is 30.9 Å². The molecule has 1 aliphatic rings. The van der Waals surface area contributed by atoms with Crippen LogP contribution in [0.5, 0.6) is 0 Å². The molecule has 1 atom stereocenters. The van der Waals surface area contributed by atoms with Crippen molar-refractivity contribution in [2.75, 3.05) is 13.1 Å². The highest BCUT2D eigenvalue weighted by molar-refractivity contribution is 5.94. The monoisotopic (exact) mass is 387 g/mol. The number of halogens is 3. The lowest BCUT2D eigenvalue weighted by molar-refractivity contribution is 0.0662. The van der Waals surface area contributed by atoms with Crippen molar-refractivity contribution >= 4 is 5.91 Å². The van der Waals surface area contributed by atoms with E-state index in [1.165, 1.54) is 23.0 Å². The van der Waals surface area contributed by atoms with E-state index in [-0.39, 0.29) is 23.3 Å². The number of rotatable bonds is 3. The summed E-state index contributed by atoms with van der Waals surface area (Å²) in [7, 11) is 0. The molecule has 1 saturated heterocycles. The molecule has 0 N–H and O–H groups in total. The van der Waals surface area contributed by atoms with Crippen LogP contribution >= 0.6 is 0 Å². The summed E-state index contributed by atoms with van der Waals surface area (Å²) in [4.78, 5) is 15.7. The first-order valence-electron chi connectivity index (χ1n) is 8.81. The third kappa shape index (κ3) is 3.60. The SMILES string of the molecule is O=C(c1ccc(F)c(F)c1)N1CCCC(n2nnc(-c3ccc(F)cc3)n2)C1. The van der Waals surface area contributed by atoms with Crippen LogP contribution < -0.4 is 0 Å². The Hall–Kier alpha value is -3.23. The number of hydrogen-bond donors (Lipinski definition) is 0.